The van der Waals surface area contributed by atoms with Gasteiger partial charge in [-0.15, -0.1) is 0 Å². The number of aliphatic hydroxyl groups is 1. The minimum Gasteiger partial charge on any atom is -0.493 e. The molecule has 0 amide bonds. The zero-order valence-electron chi connectivity index (χ0n) is 19.8. The van der Waals surface area contributed by atoms with Gasteiger partial charge < -0.3 is 33.4 Å². The molecule has 1 saturated heterocycles. The molecule has 0 saturated carbocycles. The fourth-order valence-electron chi connectivity index (χ4n) is 5.40. The lowest BCUT2D eigenvalue weighted by Crippen LogP contribution is -2.37. The van der Waals surface area contributed by atoms with E-state index in [1.165, 1.54) is 0 Å². The van der Waals surface area contributed by atoms with Crippen molar-refractivity contribution in [2.45, 2.75) is 19.1 Å². The third kappa shape index (κ3) is 3.53. The van der Waals surface area contributed by atoms with E-state index < -0.39 is 6.10 Å². The van der Waals surface area contributed by atoms with Crippen LogP contribution in [0.2, 0.25) is 0 Å². The molecule has 35 heavy (non-hydrogen) atoms. The van der Waals surface area contributed by atoms with Crippen LogP contribution in [0.3, 0.4) is 0 Å². The van der Waals surface area contributed by atoms with Crippen molar-refractivity contribution in [3.63, 3.8) is 0 Å². The summed E-state index contributed by atoms with van der Waals surface area (Å²) in [6, 6.07) is 7.17. The Labute approximate surface area is 202 Å². The summed E-state index contributed by atoms with van der Waals surface area (Å²) in [5, 5.41) is 12.6. The highest BCUT2D eigenvalue weighted by Crippen LogP contribution is 2.51. The fraction of sp³-hybridized carbons (Fsp3) is 0.423. The van der Waals surface area contributed by atoms with Crippen molar-refractivity contribution < 1.29 is 28.8 Å². The van der Waals surface area contributed by atoms with Gasteiger partial charge in [0.25, 0.3) is 5.56 Å². The molecule has 184 valence electrons. The average Bonchev–Trinajstić information content (AvgIpc) is 3.46. The zero-order valence-corrected chi connectivity index (χ0v) is 19.8. The molecular formula is C26H28N2O7. The van der Waals surface area contributed by atoms with Crippen molar-refractivity contribution >= 4 is 10.8 Å². The van der Waals surface area contributed by atoms with E-state index in [1.807, 2.05) is 12.1 Å². The summed E-state index contributed by atoms with van der Waals surface area (Å²) in [7, 11) is 3.10. The topological polar surface area (TPSA) is 91.6 Å². The van der Waals surface area contributed by atoms with Crippen LogP contribution in [0, 0.1) is 0 Å². The lowest BCUT2D eigenvalue weighted by atomic mass is 10.0. The summed E-state index contributed by atoms with van der Waals surface area (Å²) < 4.78 is 29.4. The van der Waals surface area contributed by atoms with Crippen molar-refractivity contribution in [2.75, 3.05) is 53.9 Å². The first-order chi connectivity index (χ1) is 17.1. The van der Waals surface area contributed by atoms with Crippen LogP contribution in [0.15, 0.2) is 29.1 Å². The molecule has 9 heteroatoms. The molecule has 1 fully saturated rings. The number of methoxy groups -OCH3 is 2. The third-order valence-corrected chi connectivity index (χ3v) is 7.14. The van der Waals surface area contributed by atoms with E-state index in [-0.39, 0.29) is 12.4 Å². The maximum Gasteiger partial charge on any atom is 0.259 e. The van der Waals surface area contributed by atoms with Gasteiger partial charge in [0.1, 0.15) is 6.10 Å². The zero-order chi connectivity index (χ0) is 24.1. The normalized spacial score (nSPS) is 18.5. The maximum absolute atomic E-state index is 13.9. The molecule has 0 radical (unpaired) electrons. The SMILES string of the molecule is COc1cc2c3c(n(CCCN4CCOCC4)c(=O)c2cc1OC)-c1cc2c(cc1C3O)OCO2. The summed E-state index contributed by atoms with van der Waals surface area (Å²) in [6.45, 7) is 4.79. The molecule has 6 rings (SSSR count). The number of ether oxygens (including phenoxy) is 5. The van der Waals surface area contributed by atoms with Crippen LogP contribution in [0.25, 0.3) is 22.0 Å². The summed E-state index contributed by atoms with van der Waals surface area (Å²) in [5.41, 5.74) is 2.77. The van der Waals surface area contributed by atoms with Crippen LogP contribution >= 0.6 is 0 Å². The first-order valence-electron chi connectivity index (χ1n) is 11.8. The number of aromatic nitrogens is 1. The molecule has 0 spiro atoms. The van der Waals surface area contributed by atoms with Gasteiger partial charge in [0.15, 0.2) is 23.0 Å². The maximum atomic E-state index is 13.9. The van der Waals surface area contributed by atoms with Gasteiger partial charge in [0.2, 0.25) is 6.79 Å². The van der Waals surface area contributed by atoms with Gasteiger partial charge in [-0.2, -0.15) is 0 Å². The van der Waals surface area contributed by atoms with Crippen LogP contribution in [0.1, 0.15) is 23.7 Å². The van der Waals surface area contributed by atoms with E-state index in [0.717, 1.165) is 50.5 Å². The summed E-state index contributed by atoms with van der Waals surface area (Å²) in [6.07, 6.45) is -0.123. The van der Waals surface area contributed by atoms with E-state index in [9.17, 15) is 9.90 Å². The predicted octanol–water partition coefficient (Wildman–Crippen LogP) is 2.53. The van der Waals surface area contributed by atoms with E-state index in [0.29, 0.717) is 51.4 Å². The van der Waals surface area contributed by atoms with Crippen molar-refractivity contribution in [3.8, 4) is 34.3 Å². The Morgan fingerprint density at radius 3 is 2.37 bits per heavy atom. The molecule has 3 aromatic rings. The molecule has 2 aromatic carbocycles. The first kappa shape index (κ1) is 22.2. The second-order valence-electron chi connectivity index (χ2n) is 8.97. The largest absolute Gasteiger partial charge is 0.493 e. The molecule has 2 aliphatic heterocycles. The Morgan fingerprint density at radius 1 is 0.971 bits per heavy atom. The third-order valence-electron chi connectivity index (χ3n) is 7.14. The smallest absolute Gasteiger partial charge is 0.259 e. The highest BCUT2D eigenvalue weighted by molar-refractivity contribution is 5.96. The minimum atomic E-state index is -0.916. The second-order valence-corrected chi connectivity index (χ2v) is 8.97. The molecule has 1 atom stereocenters. The predicted molar refractivity (Wildman–Crippen MR) is 129 cm³/mol. The molecule has 1 aliphatic carbocycles. The van der Waals surface area contributed by atoms with E-state index in [4.69, 9.17) is 23.7 Å². The summed E-state index contributed by atoms with van der Waals surface area (Å²) in [5.74, 6) is 2.19. The second kappa shape index (κ2) is 8.75. The van der Waals surface area contributed by atoms with Crippen molar-refractivity contribution in [3.05, 3.63) is 45.7 Å². The van der Waals surface area contributed by atoms with Gasteiger partial charge in [-0.25, -0.2) is 0 Å². The molecule has 1 N–H and O–H groups in total. The molecule has 1 unspecified atom stereocenters. The molecule has 9 nitrogen and oxygen atoms in total. The van der Waals surface area contributed by atoms with Gasteiger partial charge in [-0.05, 0) is 41.6 Å². The molecule has 1 aromatic heterocycles. The van der Waals surface area contributed by atoms with E-state index in [1.54, 1.807) is 30.9 Å². The number of nitrogens with zero attached hydrogens (tertiary/aromatic N) is 2. The number of pyridine rings is 1. The number of hydrogen-bond acceptors (Lipinski definition) is 8. The quantitative estimate of drug-likeness (QED) is 0.576. The van der Waals surface area contributed by atoms with Crippen molar-refractivity contribution in [1.29, 1.82) is 0 Å². The highest BCUT2D eigenvalue weighted by Gasteiger charge is 2.35. The molecular weight excluding hydrogens is 452 g/mol. The fourth-order valence-corrected chi connectivity index (χ4v) is 5.40. The standard InChI is InChI=1S/C26H28N2O7/c1-31-19-10-15-18(13-20(19)32-2)26(30)28(5-3-4-27-6-8-33-9-7-27)24-16-11-21-22(35-14-34-21)12-17(16)25(29)23(15)24/h10-13,25,29H,3-9,14H2,1-2H3. The average molecular weight is 481 g/mol. The molecule has 3 heterocycles. The van der Waals surface area contributed by atoms with E-state index in [2.05, 4.69) is 4.90 Å². The van der Waals surface area contributed by atoms with Crippen LogP contribution in [-0.2, 0) is 11.3 Å². The van der Waals surface area contributed by atoms with Crippen LogP contribution in [0.5, 0.6) is 23.0 Å². The first-order valence-corrected chi connectivity index (χ1v) is 11.8. The number of aliphatic hydroxyl groups excluding tert-OH is 1. The van der Waals surface area contributed by atoms with Gasteiger partial charge in [-0.3, -0.25) is 9.69 Å². The minimum absolute atomic E-state index is 0.126. The highest BCUT2D eigenvalue weighted by atomic mass is 16.7. The van der Waals surface area contributed by atoms with Gasteiger partial charge >= 0.3 is 0 Å². The number of benzene rings is 2. The lowest BCUT2D eigenvalue weighted by molar-refractivity contribution is 0.0369. The number of morpholine rings is 1. The lowest BCUT2D eigenvalue weighted by Gasteiger charge is -2.26. The van der Waals surface area contributed by atoms with Gasteiger partial charge in [0, 0.05) is 37.3 Å². The molecule has 3 aliphatic rings. The Balaban J connectivity index is 1.52. The van der Waals surface area contributed by atoms with Crippen molar-refractivity contribution in [1.82, 2.24) is 9.47 Å². The summed E-state index contributed by atoms with van der Waals surface area (Å²) in [4.78, 5) is 16.2. The molecule has 0 bridgehead atoms. The number of fused-ring (bicyclic) bond motifs is 6. The van der Waals surface area contributed by atoms with Gasteiger partial charge in [-0.1, -0.05) is 0 Å². The van der Waals surface area contributed by atoms with E-state index >= 15 is 0 Å². The number of rotatable bonds is 6. The Morgan fingerprint density at radius 2 is 1.66 bits per heavy atom. The monoisotopic (exact) mass is 480 g/mol. The van der Waals surface area contributed by atoms with Crippen LogP contribution in [-0.4, -0.2) is 68.4 Å². The van der Waals surface area contributed by atoms with Gasteiger partial charge in [0.05, 0.1) is 38.5 Å². The van der Waals surface area contributed by atoms with Crippen LogP contribution in [0.4, 0.5) is 0 Å². The Kier molecular flexibility index (Phi) is 5.55. The Bertz CT molecular complexity index is 1360. The Hall–Kier alpha value is -3.27. The summed E-state index contributed by atoms with van der Waals surface area (Å²) >= 11 is 0. The van der Waals surface area contributed by atoms with Crippen LogP contribution < -0.4 is 24.5 Å². The van der Waals surface area contributed by atoms with Crippen molar-refractivity contribution in [2.24, 2.45) is 0 Å². The number of hydrogen-bond donors (Lipinski definition) is 1.